The first-order chi connectivity index (χ1) is 11.8. The van der Waals surface area contributed by atoms with Crippen LogP contribution in [0.5, 0.6) is 5.75 Å². The molecule has 0 saturated carbocycles. The molecule has 132 valence electrons. The molecule has 0 atom stereocenters. The van der Waals surface area contributed by atoms with Crippen LogP contribution >= 0.6 is 35.4 Å². The Morgan fingerprint density at radius 2 is 2.04 bits per heavy atom. The van der Waals surface area contributed by atoms with Gasteiger partial charge in [-0.3, -0.25) is 30.9 Å². The first-order valence-corrected chi connectivity index (χ1v) is 8.01. The van der Waals surface area contributed by atoms with Gasteiger partial charge in [0.05, 0.1) is 5.02 Å². The van der Waals surface area contributed by atoms with Crippen LogP contribution < -0.4 is 20.9 Å². The second-order valence-electron chi connectivity index (χ2n) is 4.76. The zero-order valence-electron chi connectivity index (χ0n) is 12.9. The summed E-state index contributed by atoms with van der Waals surface area (Å²) in [5, 5.41) is 9.39. The molecule has 1 aromatic heterocycles. The number of amides is 2. The number of halogens is 2. The number of H-pyrrole nitrogens is 1. The number of ether oxygens (including phenoxy) is 1. The van der Waals surface area contributed by atoms with Gasteiger partial charge in [0, 0.05) is 10.7 Å². The molecule has 0 unspecified atom stereocenters. The molecular weight excluding hydrogens is 389 g/mol. The highest BCUT2D eigenvalue weighted by Gasteiger charge is 2.11. The van der Waals surface area contributed by atoms with Crippen molar-refractivity contribution in [2.45, 2.75) is 6.92 Å². The van der Waals surface area contributed by atoms with Gasteiger partial charge in [-0.15, -0.1) is 0 Å². The summed E-state index contributed by atoms with van der Waals surface area (Å²) in [6.45, 7) is 1.44. The number of aromatic amines is 1. The zero-order valence-corrected chi connectivity index (χ0v) is 15.2. The van der Waals surface area contributed by atoms with Gasteiger partial charge in [0.15, 0.2) is 17.4 Å². The number of benzene rings is 1. The van der Waals surface area contributed by atoms with Crippen LogP contribution in [0.2, 0.25) is 10.0 Å². The quantitative estimate of drug-likeness (QED) is 0.459. The Morgan fingerprint density at radius 3 is 2.68 bits per heavy atom. The average Bonchev–Trinajstić information content (AvgIpc) is 2.98. The molecule has 4 N–H and O–H groups in total. The standard InChI is InChI=1S/C14H13Cl2N5O3S/c1-7-4-10(19-18-7)13(23)20-21-14(25)17-12(22)6-24-11-3-2-8(15)5-9(11)16/h2-5H,6H2,1H3,(H,18,19)(H,20,23)(H2,17,21,22,25). The van der Waals surface area contributed by atoms with Gasteiger partial charge in [0.25, 0.3) is 11.8 Å². The van der Waals surface area contributed by atoms with Crippen molar-refractivity contribution < 1.29 is 14.3 Å². The van der Waals surface area contributed by atoms with Crippen molar-refractivity contribution in [2.75, 3.05) is 6.61 Å². The van der Waals surface area contributed by atoms with Crippen molar-refractivity contribution in [2.24, 2.45) is 0 Å². The van der Waals surface area contributed by atoms with Crippen molar-refractivity contribution >= 4 is 52.3 Å². The SMILES string of the molecule is Cc1cc(C(=O)NNC(=S)NC(=O)COc2ccc(Cl)cc2Cl)n[nH]1. The van der Waals surface area contributed by atoms with Gasteiger partial charge >= 0.3 is 0 Å². The summed E-state index contributed by atoms with van der Waals surface area (Å²) >= 11 is 16.6. The number of aromatic nitrogens is 2. The van der Waals surface area contributed by atoms with E-state index in [-0.39, 0.29) is 22.4 Å². The lowest BCUT2D eigenvalue weighted by Gasteiger charge is -2.11. The van der Waals surface area contributed by atoms with Crippen molar-refractivity contribution in [3.63, 3.8) is 0 Å². The molecule has 0 saturated heterocycles. The first-order valence-electron chi connectivity index (χ1n) is 6.85. The summed E-state index contributed by atoms with van der Waals surface area (Å²) in [7, 11) is 0. The number of carbonyl (C=O) groups is 2. The Morgan fingerprint density at radius 1 is 1.28 bits per heavy atom. The van der Waals surface area contributed by atoms with Crippen molar-refractivity contribution in [3.8, 4) is 5.75 Å². The third kappa shape index (κ3) is 5.89. The van der Waals surface area contributed by atoms with E-state index in [4.69, 9.17) is 40.2 Å². The first kappa shape index (κ1) is 19.0. The normalized spacial score (nSPS) is 10.0. The smallest absolute Gasteiger partial charge is 0.290 e. The Labute approximate surface area is 158 Å². The fraction of sp³-hybridized carbons (Fsp3) is 0.143. The van der Waals surface area contributed by atoms with Gasteiger partial charge in [-0.1, -0.05) is 23.2 Å². The Kier molecular flexibility index (Phi) is 6.57. The topological polar surface area (TPSA) is 108 Å². The average molecular weight is 402 g/mol. The number of thiocarbonyl (C=S) groups is 1. The molecule has 1 aromatic carbocycles. The van der Waals surface area contributed by atoms with E-state index in [1.165, 1.54) is 6.07 Å². The molecule has 1 heterocycles. The largest absolute Gasteiger partial charge is 0.482 e. The maximum atomic E-state index is 11.8. The summed E-state index contributed by atoms with van der Waals surface area (Å²) in [6.07, 6.45) is 0. The maximum Gasteiger partial charge on any atom is 0.290 e. The van der Waals surface area contributed by atoms with Crippen LogP contribution in [0.3, 0.4) is 0 Å². The van der Waals surface area contributed by atoms with E-state index >= 15 is 0 Å². The number of rotatable bonds is 4. The number of hydrazine groups is 1. The van der Waals surface area contributed by atoms with E-state index in [0.717, 1.165) is 5.69 Å². The molecule has 11 heteroatoms. The second kappa shape index (κ2) is 8.65. The van der Waals surface area contributed by atoms with Gasteiger partial charge < -0.3 is 4.74 Å². The van der Waals surface area contributed by atoms with Crippen LogP contribution in [-0.4, -0.2) is 33.7 Å². The molecule has 2 amide bonds. The number of carbonyl (C=O) groups excluding carboxylic acids is 2. The predicted molar refractivity (Wildman–Crippen MR) is 96.6 cm³/mol. The van der Waals surface area contributed by atoms with E-state index < -0.39 is 11.8 Å². The molecule has 0 spiro atoms. The number of hydrogen-bond acceptors (Lipinski definition) is 5. The van der Waals surface area contributed by atoms with E-state index in [1.54, 1.807) is 25.1 Å². The lowest BCUT2D eigenvalue weighted by molar-refractivity contribution is -0.121. The van der Waals surface area contributed by atoms with Gasteiger partial charge in [0.1, 0.15) is 5.75 Å². The van der Waals surface area contributed by atoms with Crippen molar-refractivity contribution in [1.29, 1.82) is 0 Å². The van der Waals surface area contributed by atoms with E-state index in [0.29, 0.717) is 10.8 Å². The fourth-order valence-corrected chi connectivity index (χ4v) is 2.27. The maximum absolute atomic E-state index is 11.8. The van der Waals surface area contributed by atoms with Gasteiger partial charge in [0.2, 0.25) is 0 Å². The minimum absolute atomic E-state index is 0.101. The zero-order chi connectivity index (χ0) is 18.4. The molecule has 0 bridgehead atoms. The Hall–Kier alpha value is -2.36. The molecule has 2 aromatic rings. The number of nitrogens with one attached hydrogen (secondary N) is 4. The van der Waals surface area contributed by atoms with Crippen LogP contribution in [0.25, 0.3) is 0 Å². The van der Waals surface area contributed by atoms with E-state index in [9.17, 15) is 9.59 Å². The molecular formula is C14H13Cl2N5O3S. The fourth-order valence-electron chi connectivity index (χ4n) is 1.64. The van der Waals surface area contributed by atoms with Crippen molar-refractivity contribution in [3.05, 3.63) is 45.7 Å². The molecule has 25 heavy (non-hydrogen) atoms. The summed E-state index contributed by atoms with van der Waals surface area (Å²) in [5.41, 5.74) is 5.60. The summed E-state index contributed by atoms with van der Waals surface area (Å²) in [4.78, 5) is 23.5. The minimum Gasteiger partial charge on any atom is -0.482 e. The number of aryl methyl sites for hydroxylation is 1. The van der Waals surface area contributed by atoms with Crippen molar-refractivity contribution in [1.82, 2.24) is 26.4 Å². The summed E-state index contributed by atoms with van der Waals surface area (Å²) in [5.74, 6) is -0.735. The molecule has 0 aliphatic carbocycles. The summed E-state index contributed by atoms with van der Waals surface area (Å²) in [6, 6.07) is 6.18. The van der Waals surface area contributed by atoms with E-state index in [2.05, 4.69) is 26.4 Å². The van der Waals surface area contributed by atoms with Crippen LogP contribution in [0.15, 0.2) is 24.3 Å². The van der Waals surface area contributed by atoms with Crippen LogP contribution in [0.4, 0.5) is 0 Å². The highest BCUT2D eigenvalue weighted by atomic mass is 35.5. The van der Waals surface area contributed by atoms with Gasteiger partial charge in [-0.05, 0) is 43.4 Å². The Balaban J connectivity index is 1.74. The molecule has 8 nitrogen and oxygen atoms in total. The van der Waals surface area contributed by atoms with Crippen LogP contribution in [0, 0.1) is 6.92 Å². The Bertz CT molecular complexity index is 812. The molecule has 0 radical (unpaired) electrons. The van der Waals surface area contributed by atoms with Gasteiger partial charge in [-0.2, -0.15) is 5.10 Å². The third-order valence-electron chi connectivity index (χ3n) is 2.73. The highest BCUT2D eigenvalue weighted by molar-refractivity contribution is 7.80. The molecule has 0 aliphatic heterocycles. The predicted octanol–water partition coefficient (Wildman–Crippen LogP) is 1.74. The number of nitrogens with zero attached hydrogens (tertiary/aromatic N) is 1. The minimum atomic E-state index is -0.534. The van der Waals surface area contributed by atoms with E-state index in [1.807, 2.05) is 0 Å². The molecule has 2 rings (SSSR count). The van der Waals surface area contributed by atoms with Crippen LogP contribution in [0.1, 0.15) is 16.2 Å². The molecule has 0 fully saturated rings. The third-order valence-corrected chi connectivity index (χ3v) is 3.47. The monoisotopic (exact) mass is 401 g/mol. The molecule has 0 aliphatic rings. The highest BCUT2D eigenvalue weighted by Crippen LogP contribution is 2.27. The summed E-state index contributed by atoms with van der Waals surface area (Å²) < 4.78 is 5.26. The number of hydrogen-bond donors (Lipinski definition) is 4. The second-order valence-corrected chi connectivity index (χ2v) is 6.01. The lowest BCUT2D eigenvalue weighted by atomic mass is 10.3. The lowest BCUT2D eigenvalue weighted by Crippen LogP contribution is -2.49. The van der Waals surface area contributed by atoms with Crippen LogP contribution in [-0.2, 0) is 4.79 Å². The van der Waals surface area contributed by atoms with Gasteiger partial charge in [-0.25, -0.2) is 0 Å².